The highest BCUT2D eigenvalue weighted by Crippen LogP contribution is 2.12. The van der Waals surface area contributed by atoms with Crippen molar-refractivity contribution in [3.05, 3.63) is 64.7 Å². The second-order valence-corrected chi connectivity index (χ2v) is 5.62. The minimum Gasteiger partial charge on any atom is -0.484 e. The summed E-state index contributed by atoms with van der Waals surface area (Å²) in [4.78, 5) is 23.4. The summed E-state index contributed by atoms with van der Waals surface area (Å²) in [6.45, 7) is 1.89. The highest BCUT2D eigenvalue weighted by Gasteiger charge is 2.07. The van der Waals surface area contributed by atoms with Crippen molar-refractivity contribution in [2.45, 2.75) is 19.8 Å². The number of hydrogen-bond acceptors (Lipinski definition) is 3. The first-order chi connectivity index (χ1) is 11.6. The molecule has 0 unspecified atom stereocenters. The van der Waals surface area contributed by atoms with Crippen LogP contribution in [0, 0.1) is 0 Å². The number of aryl methyl sites for hydroxylation is 1. The zero-order valence-corrected chi connectivity index (χ0v) is 14.1. The molecule has 5 nitrogen and oxygen atoms in total. The summed E-state index contributed by atoms with van der Waals surface area (Å²) in [6, 6.07) is 14.4. The lowest BCUT2D eigenvalue weighted by Gasteiger charge is -2.09. The van der Waals surface area contributed by atoms with Crippen LogP contribution in [0.3, 0.4) is 0 Å². The van der Waals surface area contributed by atoms with Crippen LogP contribution < -0.4 is 15.6 Å². The largest absolute Gasteiger partial charge is 0.484 e. The maximum atomic E-state index is 11.7. The third-order valence-electron chi connectivity index (χ3n) is 3.32. The predicted molar refractivity (Wildman–Crippen MR) is 92.8 cm³/mol. The van der Waals surface area contributed by atoms with E-state index in [1.165, 1.54) is 5.56 Å². The maximum absolute atomic E-state index is 11.7. The lowest BCUT2D eigenvalue weighted by Crippen LogP contribution is -2.44. The van der Waals surface area contributed by atoms with Gasteiger partial charge >= 0.3 is 0 Å². The molecule has 24 heavy (non-hydrogen) atoms. The summed E-state index contributed by atoms with van der Waals surface area (Å²) in [7, 11) is 0. The smallest absolute Gasteiger partial charge is 0.276 e. The fraction of sp³-hybridized carbons (Fsp3) is 0.222. The number of hydrogen-bond donors (Lipinski definition) is 2. The molecule has 0 aliphatic rings. The third kappa shape index (κ3) is 5.93. The Morgan fingerprint density at radius 2 is 1.50 bits per heavy atom. The molecule has 2 N–H and O–H groups in total. The van der Waals surface area contributed by atoms with Crippen molar-refractivity contribution in [3.63, 3.8) is 0 Å². The van der Waals surface area contributed by atoms with Crippen LogP contribution >= 0.6 is 11.6 Å². The zero-order valence-electron chi connectivity index (χ0n) is 13.3. The lowest BCUT2D eigenvalue weighted by atomic mass is 10.1. The van der Waals surface area contributed by atoms with E-state index in [0.29, 0.717) is 10.8 Å². The van der Waals surface area contributed by atoms with Gasteiger partial charge in [0.05, 0.1) is 6.42 Å². The minimum absolute atomic E-state index is 0.150. The van der Waals surface area contributed by atoms with Gasteiger partial charge < -0.3 is 4.74 Å². The number of carbonyl (C=O) groups excluding carboxylic acids is 2. The fourth-order valence-electron chi connectivity index (χ4n) is 1.98. The second-order valence-electron chi connectivity index (χ2n) is 5.19. The molecule has 6 heteroatoms. The van der Waals surface area contributed by atoms with Gasteiger partial charge in [-0.3, -0.25) is 20.4 Å². The van der Waals surface area contributed by atoms with Crippen molar-refractivity contribution < 1.29 is 14.3 Å². The molecule has 0 fully saturated rings. The average molecular weight is 347 g/mol. The number of nitrogens with one attached hydrogen (secondary N) is 2. The van der Waals surface area contributed by atoms with Crippen LogP contribution in [0.4, 0.5) is 0 Å². The van der Waals surface area contributed by atoms with E-state index >= 15 is 0 Å². The predicted octanol–water partition coefficient (Wildman–Crippen LogP) is 2.67. The highest BCUT2D eigenvalue weighted by atomic mass is 35.5. The number of hydrazine groups is 1. The van der Waals surface area contributed by atoms with Gasteiger partial charge in [0.1, 0.15) is 5.75 Å². The first kappa shape index (κ1) is 17.8. The van der Waals surface area contributed by atoms with Gasteiger partial charge in [0.15, 0.2) is 6.61 Å². The second kappa shape index (κ2) is 8.93. The van der Waals surface area contributed by atoms with E-state index in [-0.39, 0.29) is 18.9 Å². The summed E-state index contributed by atoms with van der Waals surface area (Å²) in [5.74, 6) is -0.146. The van der Waals surface area contributed by atoms with E-state index in [1.54, 1.807) is 24.3 Å². The molecule has 2 rings (SSSR count). The third-order valence-corrected chi connectivity index (χ3v) is 3.57. The van der Waals surface area contributed by atoms with E-state index in [9.17, 15) is 9.59 Å². The molecule has 0 aliphatic carbocycles. The van der Waals surface area contributed by atoms with Crippen LogP contribution in [-0.2, 0) is 22.4 Å². The lowest BCUT2D eigenvalue weighted by molar-refractivity contribution is -0.129. The number of carbonyl (C=O) groups is 2. The molecule has 0 bridgehead atoms. The maximum Gasteiger partial charge on any atom is 0.276 e. The molecule has 0 saturated heterocycles. The Morgan fingerprint density at radius 1 is 0.917 bits per heavy atom. The van der Waals surface area contributed by atoms with Gasteiger partial charge in [-0.15, -0.1) is 0 Å². The molecule has 0 aliphatic heterocycles. The Morgan fingerprint density at radius 3 is 2.12 bits per heavy atom. The normalized spacial score (nSPS) is 10.1. The van der Waals surface area contributed by atoms with E-state index < -0.39 is 5.91 Å². The minimum atomic E-state index is -0.431. The summed E-state index contributed by atoms with van der Waals surface area (Å²) in [5, 5.41) is 0.608. The number of benzene rings is 2. The molecule has 0 aromatic heterocycles. The van der Waals surface area contributed by atoms with Crippen molar-refractivity contribution in [2.24, 2.45) is 0 Å². The zero-order chi connectivity index (χ0) is 17.4. The summed E-state index contributed by atoms with van der Waals surface area (Å²) < 4.78 is 5.35. The molecule has 0 atom stereocenters. The van der Waals surface area contributed by atoms with Gasteiger partial charge in [-0.2, -0.15) is 0 Å². The SMILES string of the molecule is CCc1ccc(OCC(=O)NNC(=O)Cc2ccc(Cl)cc2)cc1. The van der Waals surface area contributed by atoms with Gasteiger partial charge in [-0.25, -0.2) is 0 Å². The van der Waals surface area contributed by atoms with Crippen LogP contribution in [0.25, 0.3) is 0 Å². The molecular formula is C18H19ClN2O3. The molecule has 126 valence electrons. The van der Waals surface area contributed by atoms with Crippen molar-refractivity contribution in [1.29, 1.82) is 0 Å². The molecule has 0 spiro atoms. The Hall–Kier alpha value is -2.53. The van der Waals surface area contributed by atoms with Gasteiger partial charge in [0.25, 0.3) is 5.91 Å². The molecule has 0 saturated carbocycles. The monoisotopic (exact) mass is 346 g/mol. The Balaban J connectivity index is 1.70. The molecule has 0 radical (unpaired) electrons. The van der Waals surface area contributed by atoms with Crippen molar-refractivity contribution in [1.82, 2.24) is 10.9 Å². The average Bonchev–Trinajstić information content (AvgIpc) is 2.60. The standard InChI is InChI=1S/C18H19ClN2O3/c1-2-13-5-9-16(10-6-13)24-12-18(23)21-20-17(22)11-14-3-7-15(19)8-4-14/h3-10H,2,11-12H2,1H3,(H,20,22)(H,21,23). The van der Waals surface area contributed by atoms with Crippen LogP contribution in [0.1, 0.15) is 18.1 Å². The van der Waals surface area contributed by atoms with Crippen LogP contribution in [-0.4, -0.2) is 18.4 Å². The summed E-state index contributed by atoms with van der Waals surface area (Å²) in [5.41, 5.74) is 6.67. The Kier molecular flexibility index (Phi) is 6.63. The van der Waals surface area contributed by atoms with Crippen LogP contribution in [0.2, 0.25) is 5.02 Å². The molecule has 2 aromatic rings. The van der Waals surface area contributed by atoms with Crippen molar-refractivity contribution in [2.75, 3.05) is 6.61 Å². The molecule has 2 amide bonds. The van der Waals surface area contributed by atoms with E-state index in [4.69, 9.17) is 16.3 Å². The first-order valence-corrected chi connectivity index (χ1v) is 7.98. The quantitative estimate of drug-likeness (QED) is 0.790. The fourth-order valence-corrected chi connectivity index (χ4v) is 2.10. The van der Waals surface area contributed by atoms with Crippen molar-refractivity contribution >= 4 is 23.4 Å². The van der Waals surface area contributed by atoms with Gasteiger partial charge in [0, 0.05) is 5.02 Å². The van der Waals surface area contributed by atoms with Crippen LogP contribution in [0.5, 0.6) is 5.75 Å². The summed E-state index contributed by atoms with van der Waals surface area (Å²) in [6.07, 6.45) is 1.09. The van der Waals surface area contributed by atoms with Gasteiger partial charge in [-0.05, 0) is 41.8 Å². The molecule has 0 heterocycles. The Bertz CT molecular complexity index is 684. The molecule has 2 aromatic carbocycles. The molecular weight excluding hydrogens is 328 g/mol. The number of halogens is 1. The number of amides is 2. The highest BCUT2D eigenvalue weighted by molar-refractivity contribution is 6.30. The van der Waals surface area contributed by atoms with Gasteiger partial charge in [-0.1, -0.05) is 42.8 Å². The van der Waals surface area contributed by atoms with E-state index in [1.807, 2.05) is 24.3 Å². The van der Waals surface area contributed by atoms with Gasteiger partial charge in [0.2, 0.25) is 5.91 Å². The number of ether oxygens (including phenoxy) is 1. The van der Waals surface area contributed by atoms with E-state index in [2.05, 4.69) is 17.8 Å². The topological polar surface area (TPSA) is 67.4 Å². The Labute approximate surface area is 145 Å². The summed E-state index contributed by atoms with van der Waals surface area (Å²) >= 11 is 5.78. The number of rotatable bonds is 6. The van der Waals surface area contributed by atoms with Crippen molar-refractivity contribution in [3.8, 4) is 5.75 Å². The van der Waals surface area contributed by atoms with E-state index in [0.717, 1.165) is 12.0 Å². The van der Waals surface area contributed by atoms with Crippen LogP contribution in [0.15, 0.2) is 48.5 Å². The first-order valence-electron chi connectivity index (χ1n) is 7.60.